The molecule has 0 aliphatic heterocycles. The number of nitrogens with zero attached hydrogens (tertiary/aromatic N) is 1. The van der Waals surface area contributed by atoms with E-state index < -0.39 is 0 Å². The van der Waals surface area contributed by atoms with Crippen LogP contribution < -0.4 is 4.74 Å². The highest BCUT2D eigenvalue weighted by molar-refractivity contribution is 7.15. The van der Waals surface area contributed by atoms with Crippen molar-refractivity contribution in [2.24, 2.45) is 0 Å². The van der Waals surface area contributed by atoms with Crippen molar-refractivity contribution in [3.05, 3.63) is 34.8 Å². The number of carbonyl (C=O) groups excluding carboxylic acids is 1. The lowest BCUT2D eigenvalue weighted by Crippen LogP contribution is -1.94. The van der Waals surface area contributed by atoms with Crippen LogP contribution in [0.25, 0.3) is 10.6 Å². The molecule has 1 aromatic carbocycles. The van der Waals surface area contributed by atoms with Crippen LogP contribution in [0.5, 0.6) is 5.75 Å². The van der Waals surface area contributed by atoms with E-state index in [2.05, 4.69) is 4.98 Å². The molecule has 2 aromatic rings. The molecule has 0 aliphatic rings. The summed E-state index contributed by atoms with van der Waals surface area (Å²) in [6.45, 7) is 3.55. The summed E-state index contributed by atoms with van der Waals surface area (Å²) in [5.74, 6) is 0.999. The third-order valence-corrected chi connectivity index (χ3v) is 3.85. The number of hydrogen-bond acceptors (Lipinski definition) is 4. The molecule has 4 heteroatoms. The van der Waals surface area contributed by atoms with Gasteiger partial charge in [0.15, 0.2) is 0 Å². The van der Waals surface area contributed by atoms with Gasteiger partial charge in [-0.2, -0.15) is 0 Å². The summed E-state index contributed by atoms with van der Waals surface area (Å²) in [4.78, 5) is 16.7. The van der Waals surface area contributed by atoms with Crippen LogP contribution >= 0.6 is 11.3 Å². The number of Topliss-reactive ketones (excluding diaryl/α,β-unsaturated/α-hetero) is 1. The van der Waals surface area contributed by atoms with Gasteiger partial charge in [0.1, 0.15) is 16.5 Å². The minimum Gasteiger partial charge on any atom is -0.497 e. The lowest BCUT2D eigenvalue weighted by molar-refractivity contribution is -0.116. The third-order valence-electron chi connectivity index (χ3n) is 2.64. The molecule has 0 radical (unpaired) electrons. The monoisotopic (exact) mass is 261 g/mol. The van der Waals surface area contributed by atoms with Gasteiger partial charge in [-0.1, -0.05) is 0 Å². The number of carbonyl (C=O) groups is 1. The van der Waals surface area contributed by atoms with Crippen molar-refractivity contribution in [1.29, 1.82) is 0 Å². The first-order chi connectivity index (χ1) is 8.60. The number of thiazole rings is 1. The van der Waals surface area contributed by atoms with E-state index >= 15 is 0 Å². The number of aryl methyl sites for hydroxylation is 1. The summed E-state index contributed by atoms with van der Waals surface area (Å²) >= 11 is 1.58. The Morgan fingerprint density at radius 3 is 2.56 bits per heavy atom. The zero-order valence-electron chi connectivity index (χ0n) is 10.7. The molecule has 2 rings (SSSR count). The molecule has 0 unspecified atom stereocenters. The SMILES string of the molecule is COc1ccc(-c2nc(C)c(CC(C)=O)s2)cc1. The number of benzene rings is 1. The van der Waals surface area contributed by atoms with Crippen molar-refractivity contribution < 1.29 is 9.53 Å². The number of ketones is 1. The Hall–Kier alpha value is -1.68. The van der Waals surface area contributed by atoms with Crippen LogP contribution in [0.4, 0.5) is 0 Å². The highest BCUT2D eigenvalue weighted by Crippen LogP contribution is 2.29. The van der Waals surface area contributed by atoms with Gasteiger partial charge in [0.2, 0.25) is 0 Å². The van der Waals surface area contributed by atoms with Gasteiger partial charge in [-0.3, -0.25) is 4.79 Å². The van der Waals surface area contributed by atoms with Crippen LogP contribution in [0.3, 0.4) is 0 Å². The summed E-state index contributed by atoms with van der Waals surface area (Å²) in [6, 6.07) is 7.79. The van der Waals surface area contributed by atoms with E-state index in [0.717, 1.165) is 26.9 Å². The fourth-order valence-corrected chi connectivity index (χ4v) is 2.81. The van der Waals surface area contributed by atoms with Gasteiger partial charge in [0.05, 0.1) is 12.8 Å². The number of methoxy groups -OCH3 is 1. The molecule has 1 heterocycles. The fraction of sp³-hybridized carbons (Fsp3) is 0.286. The number of ether oxygens (including phenoxy) is 1. The van der Waals surface area contributed by atoms with Crippen molar-refractivity contribution in [3.63, 3.8) is 0 Å². The standard InChI is InChI=1S/C14H15NO2S/c1-9(16)8-13-10(2)15-14(18-13)11-4-6-12(17-3)7-5-11/h4-7H,8H2,1-3H3. The predicted octanol–water partition coefficient (Wildman–Crippen LogP) is 3.26. The van der Waals surface area contributed by atoms with E-state index in [0.29, 0.717) is 6.42 Å². The summed E-state index contributed by atoms with van der Waals surface area (Å²) in [5, 5.41) is 0.950. The average Bonchev–Trinajstić information content (AvgIpc) is 2.70. The van der Waals surface area contributed by atoms with Gasteiger partial charge in [-0.05, 0) is 38.1 Å². The van der Waals surface area contributed by atoms with E-state index in [4.69, 9.17) is 4.74 Å². The van der Waals surface area contributed by atoms with Crippen molar-refractivity contribution in [3.8, 4) is 16.3 Å². The molecule has 0 atom stereocenters. The molecule has 0 fully saturated rings. The second-order valence-corrected chi connectivity index (χ2v) is 5.22. The Bertz CT molecular complexity index is 558. The lowest BCUT2D eigenvalue weighted by Gasteiger charge is -1.99. The van der Waals surface area contributed by atoms with Crippen LogP contribution in [-0.2, 0) is 11.2 Å². The summed E-state index contributed by atoms with van der Waals surface area (Å²) in [6.07, 6.45) is 0.472. The molecule has 0 N–H and O–H groups in total. The van der Waals surface area contributed by atoms with Crippen LogP contribution in [0, 0.1) is 6.92 Å². The van der Waals surface area contributed by atoms with Crippen LogP contribution in [0.1, 0.15) is 17.5 Å². The van der Waals surface area contributed by atoms with Crippen molar-refractivity contribution in [1.82, 2.24) is 4.98 Å². The van der Waals surface area contributed by atoms with Crippen LogP contribution in [0.15, 0.2) is 24.3 Å². The molecule has 3 nitrogen and oxygen atoms in total. The zero-order chi connectivity index (χ0) is 13.1. The molecule has 0 amide bonds. The van der Waals surface area contributed by atoms with Gasteiger partial charge in [0.25, 0.3) is 0 Å². The van der Waals surface area contributed by atoms with Crippen molar-refractivity contribution in [2.45, 2.75) is 20.3 Å². The van der Waals surface area contributed by atoms with Crippen molar-refractivity contribution in [2.75, 3.05) is 7.11 Å². The summed E-state index contributed by atoms with van der Waals surface area (Å²) in [7, 11) is 1.65. The van der Waals surface area contributed by atoms with Gasteiger partial charge >= 0.3 is 0 Å². The highest BCUT2D eigenvalue weighted by atomic mass is 32.1. The van der Waals surface area contributed by atoms with Crippen LogP contribution in [0.2, 0.25) is 0 Å². The zero-order valence-corrected chi connectivity index (χ0v) is 11.5. The van der Waals surface area contributed by atoms with Crippen molar-refractivity contribution >= 4 is 17.1 Å². The number of hydrogen-bond donors (Lipinski definition) is 0. The van der Waals surface area contributed by atoms with Gasteiger partial charge in [-0.25, -0.2) is 4.98 Å². The number of aromatic nitrogens is 1. The van der Waals surface area contributed by atoms with E-state index in [-0.39, 0.29) is 5.78 Å². The Morgan fingerprint density at radius 1 is 1.33 bits per heavy atom. The largest absolute Gasteiger partial charge is 0.497 e. The first-order valence-electron chi connectivity index (χ1n) is 5.70. The smallest absolute Gasteiger partial charge is 0.135 e. The molecule has 18 heavy (non-hydrogen) atoms. The maximum absolute atomic E-state index is 11.2. The van der Waals surface area contributed by atoms with E-state index in [1.54, 1.807) is 25.4 Å². The predicted molar refractivity (Wildman–Crippen MR) is 73.2 cm³/mol. The maximum atomic E-state index is 11.2. The van der Waals surface area contributed by atoms with Gasteiger partial charge < -0.3 is 4.74 Å². The third kappa shape index (κ3) is 2.76. The molecular formula is C14H15NO2S. The molecule has 94 valence electrons. The second-order valence-electron chi connectivity index (χ2n) is 4.13. The summed E-state index contributed by atoms with van der Waals surface area (Å²) < 4.78 is 5.12. The fourth-order valence-electron chi connectivity index (χ4n) is 1.68. The Morgan fingerprint density at radius 2 is 2.00 bits per heavy atom. The molecular weight excluding hydrogens is 246 g/mol. The number of rotatable bonds is 4. The highest BCUT2D eigenvalue weighted by Gasteiger charge is 2.10. The minimum atomic E-state index is 0.169. The Balaban J connectivity index is 2.30. The summed E-state index contributed by atoms with van der Waals surface area (Å²) in [5.41, 5.74) is 2.00. The van der Waals surface area contributed by atoms with E-state index in [1.807, 2.05) is 31.2 Å². The quantitative estimate of drug-likeness (QED) is 0.848. The molecule has 0 spiro atoms. The molecule has 0 aliphatic carbocycles. The normalized spacial score (nSPS) is 10.4. The minimum absolute atomic E-state index is 0.169. The van der Waals surface area contributed by atoms with Crippen LogP contribution in [-0.4, -0.2) is 17.9 Å². The average molecular weight is 261 g/mol. The van der Waals surface area contributed by atoms with E-state index in [9.17, 15) is 4.79 Å². The second kappa shape index (κ2) is 5.31. The van der Waals surface area contributed by atoms with E-state index in [1.165, 1.54) is 0 Å². The van der Waals surface area contributed by atoms with Gasteiger partial charge in [-0.15, -0.1) is 11.3 Å². The topological polar surface area (TPSA) is 39.2 Å². The Labute approximate surface area is 110 Å². The Kier molecular flexibility index (Phi) is 3.77. The molecule has 0 bridgehead atoms. The lowest BCUT2D eigenvalue weighted by atomic mass is 10.2. The maximum Gasteiger partial charge on any atom is 0.135 e. The molecule has 0 saturated heterocycles. The first kappa shape index (κ1) is 12.8. The molecule has 0 saturated carbocycles. The molecule has 1 aromatic heterocycles. The first-order valence-corrected chi connectivity index (χ1v) is 6.52. The van der Waals surface area contributed by atoms with Gasteiger partial charge in [0, 0.05) is 16.9 Å².